The monoisotopic (exact) mass is 347 g/mol. The lowest BCUT2D eigenvalue weighted by atomic mass is 9.81. The number of nitrogens with one attached hydrogen (secondary N) is 1. The molecule has 0 unspecified atom stereocenters. The molecule has 128 valence electrons. The fourth-order valence-corrected chi connectivity index (χ4v) is 2.48. The lowest BCUT2D eigenvalue weighted by Crippen LogP contribution is -2.41. The van der Waals surface area contributed by atoms with Crippen molar-refractivity contribution in [1.29, 1.82) is 0 Å². The van der Waals surface area contributed by atoms with Gasteiger partial charge in [0.05, 0.1) is 10.4 Å². The van der Waals surface area contributed by atoms with E-state index in [9.17, 15) is 4.79 Å². The lowest BCUT2D eigenvalue weighted by molar-refractivity contribution is -0.125. The number of carbonyl (C=O) groups is 1. The Morgan fingerprint density at radius 1 is 1.21 bits per heavy atom. The maximum Gasteiger partial charge on any atom is 0.231 e. The first-order valence-corrected chi connectivity index (χ1v) is 8.31. The van der Waals surface area contributed by atoms with Crippen molar-refractivity contribution in [3.05, 3.63) is 47.6 Å². The third kappa shape index (κ3) is 4.24. The minimum absolute atomic E-state index is 0.0527. The molecule has 0 aliphatic heterocycles. The van der Waals surface area contributed by atoms with Crippen LogP contribution in [0.1, 0.15) is 26.7 Å². The number of halogens is 1. The van der Waals surface area contributed by atoms with E-state index < -0.39 is 5.41 Å². The number of ether oxygens (including phenoxy) is 1. The normalized spacial score (nSPS) is 11.2. The molecule has 0 saturated carbocycles. The first-order valence-electron chi connectivity index (χ1n) is 7.94. The number of pyridine rings is 1. The van der Waals surface area contributed by atoms with Crippen LogP contribution in [0.25, 0.3) is 0 Å². The third-order valence-electron chi connectivity index (χ3n) is 4.26. The molecule has 1 amide bonds. The zero-order valence-electron chi connectivity index (χ0n) is 13.9. The Morgan fingerprint density at radius 2 is 1.88 bits per heavy atom. The molecule has 0 radical (unpaired) electrons. The summed E-state index contributed by atoms with van der Waals surface area (Å²) in [6.07, 6.45) is 2.93. The average molecular weight is 348 g/mol. The van der Waals surface area contributed by atoms with Crippen LogP contribution in [0.2, 0.25) is 5.02 Å². The van der Waals surface area contributed by atoms with Crippen LogP contribution in [-0.2, 0) is 4.79 Å². The van der Waals surface area contributed by atoms with Crippen molar-refractivity contribution in [2.24, 2.45) is 11.1 Å². The highest BCUT2D eigenvalue weighted by molar-refractivity contribution is 6.30. The second kappa shape index (κ2) is 8.13. The van der Waals surface area contributed by atoms with E-state index in [0.717, 1.165) is 0 Å². The summed E-state index contributed by atoms with van der Waals surface area (Å²) in [5, 5.41) is 3.48. The number of amides is 1. The summed E-state index contributed by atoms with van der Waals surface area (Å²) >= 11 is 5.79. The van der Waals surface area contributed by atoms with Gasteiger partial charge in [0.1, 0.15) is 5.75 Å². The minimum Gasteiger partial charge on any atom is -0.439 e. The molecular formula is C18H22ClN3O2. The summed E-state index contributed by atoms with van der Waals surface area (Å²) in [4.78, 5) is 16.6. The number of rotatable bonds is 7. The van der Waals surface area contributed by atoms with E-state index in [4.69, 9.17) is 22.1 Å². The van der Waals surface area contributed by atoms with Gasteiger partial charge < -0.3 is 15.8 Å². The molecule has 2 aromatic rings. The SMILES string of the molecule is CCC(CC)(CN)C(=O)Nc1ccc(Oc2ccc(Cl)cn2)cc1. The summed E-state index contributed by atoms with van der Waals surface area (Å²) in [5.74, 6) is 1.03. The summed E-state index contributed by atoms with van der Waals surface area (Å²) in [7, 11) is 0. The number of anilines is 1. The Labute approximate surface area is 147 Å². The molecule has 0 bridgehead atoms. The Kier molecular flexibility index (Phi) is 6.17. The van der Waals surface area contributed by atoms with Gasteiger partial charge in [-0.1, -0.05) is 25.4 Å². The van der Waals surface area contributed by atoms with Crippen LogP contribution >= 0.6 is 11.6 Å². The highest BCUT2D eigenvalue weighted by Crippen LogP contribution is 2.28. The van der Waals surface area contributed by atoms with Crippen LogP contribution in [0.15, 0.2) is 42.6 Å². The smallest absolute Gasteiger partial charge is 0.231 e. The fraction of sp³-hybridized carbons (Fsp3) is 0.333. The van der Waals surface area contributed by atoms with Crippen LogP contribution in [0, 0.1) is 5.41 Å². The van der Waals surface area contributed by atoms with Crippen molar-refractivity contribution in [3.8, 4) is 11.6 Å². The van der Waals surface area contributed by atoms with E-state index >= 15 is 0 Å². The van der Waals surface area contributed by atoms with Crippen LogP contribution in [0.4, 0.5) is 5.69 Å². The zero-order valence-corrected chi connectivity index (χ0v) is 14.6. The molecule has 1 heterocycles. The summed E-state index contributed by atoms with van der Waals surface area (Å²) in [6.45, 7) is 4.28. The van der Waals surface area contributed by atoms with Gasteiger partial charge in [0.25, 0.3) is 0 Å². The quantitative estimate of drug-likeness (QED) is 0.785. The van der Waals surface area contributed by atoms with Gasteiger partial charge in [0, 0.05) is 24.5 Å². The summed E-state index contributed by atoms with van der Waals surface area (Å²) in [5.41, 5.74) is 5.99. The summed E-state index contributed by atoms with van der Waals surface area (Å²) in [6, 6.07) is 10.5. The highest BCUT2D eigenvalue weighted by atomic mass is 35.5. The van der Waals surface area contributed by atoms with Crippen molar-refractivity contribution in [2.75, 3.05) is 11.9 Å². The van der Waals surface area contributed by atoms with Crippen molar-refractivity contribution in [3.63, 3.8) is 0 Å². The number of benzene rings is 1. The molecule has 0 atom stereocenters. The van der Waals surface area contributed by atoms with E-state index in [1.165, 1.54) is 6.20 Å². The van der Waals surface area contributed by atoms with E-state index in [1.54, 1.807) is 36.4 Å². The van der Waals surface area contributed by atoms with Crippen molar-refractivity contribution in [2.45, 2.75) is 26.7 Å². The number of hydrogen-bond acceptors (Lipinski definition) is 4. The Hall–Kier alpha value is -2.11. The molecule has 24 heavy (non-hydrogen) atoms. The van der Waals surface area contributed by atoms with Gasteiger partial charge in [0.15, 0.2) is 0 Å². The van der Waals surface area contributed by atoms with Crippen molar-refractivity contribution >= 4 is 23.2 Å². The predicted octanol–water partition coefficient (Wildman–Crippen LogP) is 4.23. The van der Waals surface area contributed by atoms with Gasteiger partial charge in [-0.3, -0.25) is 4.79 Å². The molecule has 5 nitrogen and oxygen atoms in total. The van der Waals surface area contributed by atoms with Gasteiger partial charge in [-0.2, -0.15) is 0 Å². The van der Waals surface area contributed by atoms with Gasteiger partial charge in [-0.05, 0) is 43.2 Å². The van der Waals surface area contributed by atoms with E-state index in [1.807, 2.05) is 13.8 Å². The number of nitrogens with zero attached hydrogens (tertiary/aromatic N) is 1. The van der Waals surface area contributed by atoms with Crippen molar-refractivity contribution < 1.29 is 9.53 Å². The molecule has 6 heteroatoms. The summed E-state index contributed by atoms with van der Waals surface area (Å²) < 4.78 is 5.62. The number of nitrogens with two attached hydrogens (primary N) is 1. The molecule has 0 aliphatic rings. The largest absolute Gasteiger partial charge is 0.439 e. The minimum atomic E-state index is -0.525. The average Bonchev–Trinajstić information content (AvgIpc) is 2.61. The second-order valence-corrected chi connectivity index (χ2v) is 6.02. The molecule has 1 aromatic heterocycles. The maximum atomic E-state index is 12.5. The molecule has 0 fully saturated rings. The highest BCUT2D eigenvalue weighted by Gasteiger charge is 2.33. The molecule has 0 spiro atoms. The standard InChI is InChI=1S/C18H22ClN3O2/c1-3-18(4-2,12-20)17(23)22-14-6-8-15(9-7-14)24-16-10-5-13(19)11-21-16/h5-11H,3-4,12,20H2,1-2H3,(H,22,23). The first-order chi connectivity index (χ1) is 11.5. The number of aromatic nitrogens is 1. The van der Waals surface area contributed by atoms with Gasteiger partial charge >= 0.3 is 0 Å². The Balaban J connectivity index is 2.04. The Morgan fingerprint density at radius 3 is 2.38 bits per heavy atom. The molecule has 2 rings (SSSR count). The van der Waals surface area contributed by atoms with E-state index in [0.29, 0.717) is 41.7 Å². The van der Waals surface area contributed by atoms with Crippen molar-refractivity contribution in [1.82, 2.24) is 4.98 Å². The molecular weight excluding hydrogens is 326 g/mol. The van der Waals surface area contributed by atoms with Crippen LogP contribution in [0.3, 0.4) is 0 Å². The topological polar surface area (TPSA) is 77.2 Å². The zero-order chi connectivity index (χ0) is 17.6. The van der Waals surface area contributed by atoms with Gasteiger partial charge in [0.2, 0.25) is 11.8 Å². The predicted molar refractivity (Wildman–Crippen MR) is 96.5 cm³/mol. The molecule has 0 saturated heterocycles. The van der Waals surface area contributed by atoms with Gasteiger partial charge in [-0.15, -0.1) is 0 Å². The number of carbonyl (C=O) groups excluding carboxylic acids is 1. The lowest BCUT2D eigenvalue weighted by Gasteiger charge is -2.28. The van der Waals surface area contributed by atoms with Gasteiger partial charge in [-0.25, -0.2) is 4.98 Å². The fourth-order valence-electron chi connectivity index (χ4n) is 2.37. The van der Waals surface area contributed by atoms with E-state index in [-0.39, 0.29) is 5.91 Å². The molecule has 0 aliphatic carbocycles. The van der Waals surface area contributed by atoms with Crippen LogP contribution in [-0.4, -0.2) is 17.4 Å². The first kappa shape index (κ1) is 18.2. The third-order valence-corrected chi connectivity index (χ3v) is 4.48. The molecule has 3 N–H and O–H groups in total. The number of hydrogen-bond donors (Lipinski definition) is 2. The van der Waals surface area contributed by atoms with Crippen LogP contribution < -0.4 is 15.8 Å². The second-order valence-electron chi connectivity index (χ2n) is 5.59. The maximum absolute atomic E-state index is 12.5. The van der Waals surface area contributed by atoms with E-state index in [2.05, 4.69) is 10.3 Å². The molecule has 1 aromatic carbocycles. The van der Waals surface area contributed by atoms with Crippen LogP contribution in [0.5, 0.6) is 11.6 Å². The Bertz CT molecular complexity index is 659.